The van der Waals surface area contributed by atoms with E-state index in [2.05, 4.69) is 10.6 Å². The molecule has 4 nitrogen and oxygen atoms in total. The van der Waals surface area contributed by atoms with E-state index in [4.69, 9.17) is 5.73 Å². The van der Waals surface area contributed by atoms with Crippen LogP contribution in [-0.4, -0.2) is 5.11 Å². The summed E-state index contributed by atoms with van der Waals surface area (Å²) < 4.78 is 0. The van der Waals surface area contributed by atoms with E-state index >= 15 is 0 Å². The number of hydrogen-bond acceptors (Lipinski definition) is 4. The maximum absolute atomic E-state index is 9.53. The van der Waals surface area contributed by atoms with Crippen LogP contribution in [0.3, 0.4) is 0 Å². The van der Waals surface area contributed by atoms with E-state index in [0.29, 0.717) is 5.69 Å². The van der Waals surface area contributed by atoms with E-state index in [1.807, 2.05) is 24.3 Å². The van der Waals surface area contributed by atoms with Crippen LogP contribution in [0.1, 0.15) is 0 Å². The van der Waals surface area contributed by atoms with Crippen LogP contribution in [-0.2, 0) is 0 Å². The SMILES string of the molecule is Nc1cc2c(cc1O)Nc1ccccc1N2. The Kier molecular flexibility index (Phi) is 1.71. The third kappa shape index (κ3) is 1.24. The van der Waals surface area contributed by atoms with Crippen molar-refractivity contribution in [2.75, 3.05) is 16.4 Å². The second-order valence-electron chi connectivity index (χ2n) is 3.75. The van der Waals surface area contributed by atoms with Gasteiger partial charge in [-0.2, -0.15) is 0 Å². The van der Waals surface area contributed by atoms with Gasteiger partial charge >= 0.3 is 0 Å². The maximum Gasteiger partial charge on any atom is 0.140 e. The molecule has 0 atom stereocenters. The van der Waals surface area contributed by atoms with Crippen molar-refractivity contribution in [2.45, 2.75) is 0 Å². The quantitative estimate of drug-likeness (QED) is 0.263. The smallest absolute Gasteiger partial charge is 0.140 e. The Bertz CT molecular complexity index is 516. The Labute approximate surface area is 92.7 Å². The highest BCUT2D eigenvalue weighted by Gasteiger charge is 2.15. The summed E-state index contributed by atoms with van der Waals surface area (Å²) in [5.41, 5.74) is 9.69. The van der Waals surface area contributed by atoms with Crippen molar-refractivity contribution < 1.29 is 5.11 Å². The molecule has 0 aromatic heterocycles. The summed E-state index contributed by atoms with van der Waals surface area (Å²) in [6, 6.07) is 11.2. The molecule has 80 valence electrons. The molecule has 1 aliphatic heterocycles. The first-order valence-electron chi connectivity index (χ1n) is 4.99. The van der Waals surface area contributed by atoms with Gasteiger partial charge in [0.15, 0.2) is 0 Å². The van der Waals surface area contributed by atoms with Crippen molar-refractivity contribution in [1.82, 2.24) is 0 Å². The third-order valence-corrected chi connectivity index (χ3v) is 2.63. The fraction of sp³-hybridized carbons (Fsp3) is 0. The number of fused-ring (bicyclic) bond motifs is 2. The highest BCUT2D eigenvalue weighted by Crippen LogP contribution is 2.41. The van der Waals surface area contributed by atoms with E-state index in [-0.39, 0.29) is 5.75 Å². The molecule has 1 heterocycles. The molecule has 0 saturated heterocycles. The maximum atomic E-state index is 9.53. The van der Waals surface area contributed by atoms with Gasteiger partial charge in [0.1, 0.15) is 5.75 Å². The summed E-state index contributed by atoms with van der Waals surface area (Å²) in [7, 11) is 0. The summed E-state index contributed by atoms with van der Waals surface area (Å²) in [6.45, 7) is 0. The van der Waals surface area contributed by atoms with Gasteiger partial charge in [-0.3, -0.25) is 0 Å². The molecule has 2 aromatic carbocycles. The zero-order valence-electron chi connectivity index (χ0n) is 8.49. The molecule has 4 heteroatoms. The molecule has 1 aliphatic rings. The predicted molar refractivity (Wildman–Crippen MR) is 65.5 cm³/mol. The first kappa shape index (κ1) is 8.91. The number of nitrogens with two attached hydrogens (primary N) is 1. The number of hydrogen-bond donors (Lipinski definition) is 4. The van der Waals surface area contributed by atoms with E-state index in [1.54, 1.807) is 12.1 Å². The number of nitrogens with one attached hydrogen (secondary N) is 2. The molecule has 0 radical (unpaired) electrons. The zero-order valence-corrected chi connectivity index (χ0v) is 8.49. The lowest BCUT2D eigenvalue weighted by Crippen LogP contribution is -2.06. The van der Waals surface area contributed by atoms with Gasteiger partial charge in [-0.05, 0) is 18.2 Å². The van der Waals surface area contributed by atoms with Gasteiger partial charge < -0.3 is 21.5 Å². The molecule has 0 bridgehead atoms. The number of aromatic hydroxyl groups is 1. The lowest BCUT2D eigenvalue weighted by Gasteiger charge is -2.23. The molecule has 0 spiro atoms. The number of nitrogen functional groups attached to an aromatic ring is 1. The van der Waals surface area contributed by atoms with Gasteiger partial charge in [-0.25, -0.2) is 0 Å². The van der Waals surface area contributed by atoms with Crippen LogP contribution < -0.4 is 16.4 Å². The van der Waals surface area contributed by atoms with Crippen molar-refractivity contribution in [2.24, 2.45) is 0 Å². The molecule has 3 rings (SSSR count). The molecule has 16 heavy (non-hydrogen) atoms. The predicted octanol–water partition coefficient (Wildman–Crippen LogP) is 2.77. The minimum absolute atomic E-state index is 0.0902. The Morgan fingerprint density at radius 3 is 2.06 bits per heavy atom. The minimum atomic E-state index is 0.0902. The van der Waals surface area contributed by atoms with E-state index < -0.39 is 0 Å². The number of para-hydroxylation sites is 2. The van der Waals surface area contributed by atoms with Crippen molar-refractivity contribution in [3.05, 3.63) is 36.4 Å². The molecule has 0 aliphatic carbocycles. The van der Waals surface area contributed by atoms with Crippen LogP contribution in [0.4, 0.5) is 28.4 Å². The van der Waals surface area contributed by atoms with Gasteiger partial charge in [0.25, 0.3) is 0 Å². The van der Waals surface area contributed by atoms with Crippen molar-refractivity contribution in [1.29, 1.82) is 0 Å². The fourth-order valence-electron chi connectivity index (χ4n) is 1.80. The van der Waals surface area contributed by atoms with Crippen LogP contribution in [0.5, 0.6) is 5.75 Å². The number of anilines is 5. The second kappa shape index (κ2) is 3.06. The summed E-state index contributed by atoms with van der Waals surface area (Å²) >= 11 is 0. The molecule has 0 fully saturated rings. The number of phenolic OH excluding ortho intramolecular Hbond substituents is 1. The van der Waals surface area contributed by atoms with Crippen LogP contribution in [0.15, 0.2) is 36.4 Å². The molecule has 0 amide bonds. The fourth-order valence-corrected chi connectivity index (χ4v) is 1.80. The van der Waals surface area contributed by atoms with E-state index in [1.165, 1.54) is 0 Å². The molecular weight excluding hydrogens is 202 g/mol. The average molecular weight is 213 g/mol. The minimum Gasteiger partial charge on any atom is -0.506 e. The van der Waals surface area contributed by atoms with Gasteiger partial charge in [0.2, 0.25) is 0 Å². The standard InChI is InChI=1S/C12H11N3O/c13-7-5-10-11(6-12(7)16)15-9-4-2-1-3-8(9)14-10/h1-6,14-16H,13H2. The molecule has 2 aromatic rings. The van der Waals surface area contributed by atoms with Gasteiger partial charge in [-0.1, -0.05) is 12.1 Å². The third-order valence-electron chi connectivity index (χ3n) is 2.63. The monoisotopic (exact) mass is 213 g/mol. The lowest BCUT2D eigenvalue weighted by molar-refractivity contribution is 0.478. The molecule has 0 unspecified atom stereocenters. The summed E-state index contributed by atoms with van der Waals surface area (Å²) in [6.07, 6.45) is 0. The van der Waals surface area contributed by atoms with Gasteiger partial charge in [-0.15, -0.1) is 0 Å². The van der Waals surface area contributed by atoms with Crippen LogP contribution in [0.2, 0.25) is 0 Å². The number of rotatable bonds is 0. The number of benzene rings is 2. The van der Waals surface area contributed by atoms with E-state index in [9.17, 15) is 5.11 Å². The Morgan fingerprint density at radius 1 is 0.875 bits per heavy atom. The zero-order chi connectivity index (χ0) is 11.1. The Morgan fingerprint density at radius 2 is 1.44 bits per heavy atom. The summed E-state index contributed by atoms with van der Waals surface area (Å²) in [5, 5.41) is 16.0. The van der Waals surface area contributed by atoms with Crippen LogP contribution in [0.25, 0.3) is 0 Å². The van der Waals surface area contributed by atoms with Crippen molar-refractivity contribution in [3.8, 4) is 5.75 Å². The summed E-state index contributed by atoms with van der Waals surface area (Å²) in [4.78, 5) is 0. The normalized spacial score (nSPS) is 12.0. The number of phenols is 1. The van der Waals surface area contributed by atoms with Crippen molar-refractivity contribution >= 4 is 28.4 Å². The Hall–Kier alpha value is -2.36. The van der Waals surface area contributed by atoms with E-state index in [0.717, 1.165) is 22.7 Å². The highest BCUT2D eigenvalue weighted by molar-refractivity contribution is 5.92. The second-order valence-corrected chi connectivity index (χ2v) is 3.75. The molecule has 0 saturated carbocycles. The molecule has 5 N–H and O–H groups in total. The summed E-state index contributed by atoms with van der Waals surface area (Å²) in [5.74, 6) is 0.0902. The Balaban J connectivity index is 2.12. The largest absolute Gasteiger partial charge is 0.506 e. The van der Waals surface area contributed by atoms with Gasteiger partial charge in [0, 0.05) is 6.07 Å². The first-order chi connectivity index (χ1) is 7.74. The lowest BCUT2D eigenvalue weighted by atomic mass is 10.1. The highest BCUT2D eigenvalue weighted by atomic mass is 16.3. The average Bonchev–Trinajstić information content (AvgIpc) is 2.28. The molecular formula is C12H11N3O. The topological polar surface area (TPSA) is 70.3 Å². The first-order valence-corrected chi connectivity index (χ1v) is 4.99. The van der Waals surface area contributed by atoms with Crippen molar-refractivity contribution in [3.63, 3.8) is 0 Å². The van der Waals surface area contributed by atoms with Gasteiger partial charge in [0.05, 0.1) is 28.4 Å². The van der Waals surface area contributed by atoms with Crippen LogP contribution in [0, 0.1) is 0 Å². The van der Waals surface area contributed by atoms with Crippen LogP contribution >= 0.6 is 0 Å².